The minimum atomic E-state index is -0.696. The second-order valence-electron chi connectivity index (χ2n) is 4.68. The van der Waals surface area contributed by atoms with Gasteiger partial charge in [0.15, 0.2) is 0 Å². The van der Waals surface area contributed by atoms with Crippen molar-refractivity contribution in [2.75, 3.05) is 5.43 Å². The third-order valence-corrected chi connectivity index (χ3v) is 2.79. The van der Waals surface area contributed by atoms with E-state index in [4.69, 9.17) is 0 Å². The summed E-state index contributed by atoms with van der Waals surface area (Å²) in [5, 5.41) is 22.0. The number of anilines is 1. The van der Waals surface area contributed by atoms with E-state index in [1.807, 2.05) is 38.1 Å². The Morgan fingerprint density at radius 1 is 1.00 bits per heavy atom. The Morgan fingerprint density at radius 3 is 2.09 bits per heavy atom. The van der Waals surface area contributed by atoms with Gasteiger partial charge >= 0.3 is 5.96 Å². The third kappa shape index (κ3) is 4.48. The van der Waals surface area contributed by atoms with E-state index in [-0.39, 0.29) is 0 Å². The van der Waals surface area contributed by atoms with Crippen molar-refractivity contribution in [2.45, 2.75) is 13.8 Å². The lowest BCUT2D eigenvalue weighted by Gasteiger charge is -1.97. The lowest BCUT2D eigenvalue weighted by Crippen LogP contribution is -2.10. The third-order valence-electron chi connectivity index (χ3n) is 2.79. The van der Waals surface area contributed by atoms with Crippen molar-refractivity contribution in [1.29, 1.82) is 0 Å². The summed E-state index contributed by atoms with van der Waals surface area (Å²) >= 11 is 0. The van der Waals surface area contributed by atoms with E-state index in [1.165, 1.54) is 0 Å². The first-order chi connectivity index (χ1) is 10.5. The van der Waals surface area contributed by atoms with Crippen molar-refractivity contribution >= 4 is 17.3 Å². The van der Waals surface area contributed by atoms with E-state index in [0.717, 1.165) is 11.1 Å². The summed E-state index contributed by atoms with van der Waals surface area (Å²) in [5.74, 6) is -0.610. The van der Waals surface area contributed by atoms with Gasteiger partial charge in [-0.15, -0.1) is 0 Å². The molecule has 0 fully saturated rings. The van der Waals surface area contributed by atoms with E-state index in [9.17, 15) is 10.1 Å². The molecular formula is C15H15N5O2. The number of azo groups is 1. The first-order valence-corrected chi connectivity index (χ1v) is 6.58. The van der Waals surface area contributed by atoms with Crippen LogP contribution in [0.15, 0.2) is 63.9 Å². The number of hydrogen-bond acceptors (Lipinski definition) is 5. The van der Waals surface area contributed by atoms with Crippen LogP contribution in [-0.4, -0.2) is 10.9 Å². The fraction of sp³-hybridized carbons (Fsp3) is 0.133. The summed E-state index contributed by atoms with van der Waals surface area (Å²) in [4.78, 5) is 10.2. The molecule has 2 aromatic rings. The Hall–Kier alpha value is -3.09. The molecule has 2 aromatic carbocycles. The summed E-state index contributed by atoms with van der Waals surface area (Å²) in [6.45, 7) is 3.89. The molecule has 2 rings (SSSR count). The molecule has 7 nitrogen and oxygen atoms in total. The molecule has 22 heavy (non-hydrogen) atoms. The molecule has 0 radical (unpaired) electrons. The largest absolute Gasteiger partial charge is 0.511 e. The zero-order valence-electron chi connectivity index (χ0n) is 12.2. The van der Waals surface area contributed by atoms with Gasteiger partial charge in [-0.25, -0.2) is 5.43 Å². The van der Waals surface area contributed by atoms with Crippen LogP contribution in [0.1, 0.15) is 11.1 Å². The SMILES string of the molecule is Cc1ccc(N=N/C(=N/Nc2ccc(C)cc2)[N+](=O)[O-])cc1. The minimum absolute atomic E-state index is 0.524. The normalized spacial score (nSPS) is 11.6. The predicted molar refractivity (Wildman–Crippen MR) is 84.9 cm³/mol. The quantitative estimate of drug-likeness (QED) is 0.304. The maximum absolute atomic E-state index is 10.9. The summed E-state index contributed by atoms with van der Waals surface area (Å²) in [6.07, 6.45) is 0. The number of benzene rings is 2. The van der Waals surface area contributed by atoms with Gasteiger partial charge in [0.05, 0.1) is 10.8 Å². The molecule has 0 saturated carbocycles. The van der Waals surface area contributed by atoms with Gasteiger partial charge in [0.25, 0.3) is 0 Å². The Balaban J connectivity index is 2.12. The zero-order valence-corrected chi connectivity index (χ0v) is 12.2. The number of nitrogens with zero attached hydrogens (tertiary/aromatic N) is 4. The maximum atomic E-state index is 10.9. The molecule has 1 N–H and O–H groups in total. The van der Waals surface area contributed by atoms with Crippen molar-refractivity contribution in [1.82, 2.24) is 0 Å². The second kappa shape index (κ2) is 7.07. The van der Waals surface area contributed by atoms with Gasteiger partial charge in [0.2, 0.25) is 0 Å². The number of aryl methyl sites for hydroxylation is 2. The predicted octanol–water partition coefficient (Wildman–Crippen LogP) is 4.05. The molecule has 0 amide bonds. The number of guanidine groups is 1. The van der Waals surface area contributed by atoms with Crippen molar-refractivity contribution in [3.05, 3.63) is 69.8 Å². The van der Waals surface area contributed by atoms with Gasteiger partial charge in [0, 0.05) is 5.10 Å². The van der Waals surface area contributed by atoms with Gasteiger partial charge in [-0.3, -0.25) is 0 Å². The van der Waals surface area contributed by atoms with Crippen LogP contribution in [-0.2, 0) is 0 Å². The minimum Gasteiger partial charge on any atom is -0.390 e. The lowest BCUT2D eigenvalue weighted by molar-refractivity contribution is -0.352. The molecule has 0 unspecified atom stereocenters. The number of hydrogen-bond donors (Lipinski definition) is 1. The van der Waals surface area contributed by atoms with Crippen molar-refractivity contribution in [3.8, 4) is 0 Å². The summed E-state index contributed by atoms with van der Waals surface area (Å²) in [5.41, 5.74) is 5.91. The fourth-order valence-electron chi connectivity index (χ4n) is 1.56. The van der Waals surface area contributed by atoms with Crippen LogP contribution in [0.3, 0.4) is 0 Å². The van der Waals surface area contributed by atoms with Crippen LogP contribution in [0.5, 0.6) is 0 Å². The van der Waals surface area contributed by atoms with E-state index in [1.54, 1.807) is 24.3 Å². The number of nitrogens with one attached hydrogen (secondary N) is 1. The van der Waals surface area contributed by atoms with Crippen LogP contribution in [0.25, 0.3) is 0 Å². The average Bonchev–Trinajstić information content (AvgIpc) is 2.50. The first-order valence-electron chi connectivity index (χ1n) is 6.58. The highest BCUT2D eigenvalue weighted by Crippen LogP contribution is 2.13. The smallest absolute Gasteiger partial charge is 0.390 e. The molecule has 0 aliphatic rings. The molecule has 0 atom stereocenters. The van der Waals surface area contributed by atoms with Crippen LogP contribution < -0.4 is 5.43 Å². The number of nitro groups is 1. The Bertz CT molecular complexity index is 706. The van der Waals surface area contributed by atoms with Crippen LogP contribution in [0, 0.1) is 24.0 Å². The zero-order chi connectivity index (χ0) is 15.9. The topological polar surface area (TPSA) is 92.2 Å². The molecule has 7 heteroatoms. The molecular weight excluding hydrogens is 282 g/mol. The molecule has 0 saturated heterocycles. The Labute approximate surface area is 127 Å². The molecule has 0 bridgehead atoms. The average molecular weight is 297 g/mol. The van der Waals surface area contributed by atoms with E-state index in [2.05, 4.69) is 20.8 Å². The van der Waals surface area contributed by atoms with Crippen LogP contribution in [0.4, 0.5) is 11.4 Å². The van der Waals surface area contributed by atoms with Gasteiger partial charge in [-0.2, -0.15) is 0 Å². The first kappa shape index (κ1) is 15.3. The van der Waals surface area contributed by atoms with E-state index < -0.39 is 10.9 Å². The highest BCUT2D eigenvalue weighted by molar-refractivity contribution is 5.73. The van der Waals surface area contributed by atoms with Crippen molar-refractivity contribution < 1.29 is 4.92 Å². The van der Waals surface area contributed by atoms with E-state index in [0.29, 0.717) is 11.4 Å². The van der Waals surface area contributed by atoms with Gasteiger partial charge < -0.3 is 10.1 Å². The molecule has 0 aliphatic heterocycles. The highest BCUT2D eigenvalue weighted by Gasteiger charge is 2.11. The highest BCUT2D eigenvalue weighted by atomic mass is 16.6. The Morgan fingerprint density at radius 2 is 1.55 bits per heavy atom. The van der Waals surface area contributed by atoms with E-state index >= 15 is 0 Å². The number of rotatable bonds is 3. The molecule has 0 aromatic heterocycles. The Kier molecular flexibility index (Phi) is 4.92. The summed E-state index contributed by atoms with van der Waals surface area (Å²) in [7, 11) is 0. The summed E-state index contributed by atoms with van der Waals surface area (Å²) < 4.78 is 0. The monoisotopic (exact) mass is 297 g/mol. The lowest BCUT2D eigenvalue weighted by atomic mass is 10.2. The van der Waals surface area contributed by atoms with Crippen molar-refractivity contribution in [2.24, 2.45) is 15.3 Å². The van der Waals surface area contributed by atoms with Crippen LogP contribution in [0.2, 0.25) is 0 Å². The molecule has 0 aliphatic carbocycles. The summed E-state index contributed by atoms with van der Waals surface area (Å²) in [6, 6.07) is 14.4. The molecule has 0 spiro atoms. The fourth-order valence-corrected chi connectivity index (χ4v) is 1.56. The number of hydrazone groups is 1. The molecule has 0 heterocycles. The van der Waals surface area contributed by atoms with Crippen LogP contribution >= 0.6 is 0 Å². The van der Waals surface area contributed by atoms with Gasteiger partial charge in [-0.05, 0) is 43.0 Å². The molecule has 112 valence electrons. The van der Waals surface area contributed by atoms with Crippen molar-refractivity contribution in [3.63, 3.8) is 0 Å². The standard InChI is InChI=1S/C15H15N5O2/c1-11-3-7-13(8-4-11)16-18-15(20(21)22)19-17-14-9-5-12(2)6-10-14/h3-10,16H,1-2H3/b18-15-,19-17?. The second-order valence-corrected chi connectivity index (χ2v) is 4.68. The maximum Gasteiger partial charge on any atom is 0.511 e. The van der Waals surface area contributed by atoms with Gasteiger partial charge in [0.1, 0.15) is 5.69 Å². The van der Waals surface area contributed by atoms with Gasteiger partial charge in [-0.1, -0.05) is 40.5 Å².